The van der Waals surface area contributed by atoms with E-state index in [1.165, 1.54) is 89.9 Å². The lowest BCUT2D eigenvalue weighted by molar-refractivity contribution is -0.161. The van der Waals surface area contributed by atoms with Crippen molar-refractivity contribution in [1.29, 1.82) is 0 Å². The molecule has 0 bridgehead atoms. The number of allylic oxidation sites excluding steroid dienone is 9. The highest BCUT2D eigenvalue weighted by Gasteiger charge is 2.16. The van der Waals surface area contributed by atoms with Gasteiger partial charge in [0.05, 0.1) is 12.7 Å². The van der Waals surface area contributed by atoms with Crippen LogP contribution in [0.5, 0.6) is 0 Å². The van der Waals surface area contributed by atoms with Crippen LogP contribution in [0.15, 0.2) is 60.8 Å². The maximum Gasteiger partial charge on any atom is 0.306 e. The maximum absolute atomic E-state index is 12.2. The average molecular weight is 687 g/mol. The molecule has 6 heteroatoms. The van der Waals surface area contributed by atoms with E-state index in [4.69, 9.17) is 9.47 Å². The van der Waals surface area contributed by atoms with Gasteiger partial charge in [-0.25, -0.2) is 0 Å². The van der Waals surface area contributed by atoms with Crippen molar-refractivity contribution in [2.75, 3.05) is 13.2 Å². The second-order valence-corrected chi connectivity index (χ2v) is 13.2. The third kappa shape index (κ3) is 36.7. The molecule has 0 amide bonds. The largest absolute Gasteiger partial charge is 0.462 e. The summed E-state index contributed by atoms with van der Waals surface area (Å²) in [6.45, 7) is 3.86. The first-order chi connectivity index (χ1) is 24.0. The molecule has 0 aromatic rings. The number of hydrogen-bond acceptors (Lipinski definition) is 6. The molecule has 0 aliphatic rings. The molecule has 0 saturated carbocycles. The van der Waals surface area contributed by atoms with E-state index in [2.05, 4.69) is 50.3 Å². The summed E-state index contributed by atoms with van der Waals surface area (Å²) >= 11 is 0. The van der Waals surface area contributed by atoms with Crippen LogP contribution in [-0.2, 0) is 19.1 Å². The third-order valence-corrected chi connectivity index (χ3v) is 8.43. The Kier molecular flexibility index (Phi) is 36.5. The van der Waals surface area contributed by atoms with Crippen LogP contribution in [0.4, 0.5) is 0 Å². The normalized spacial score (nSPS) is 13.5. The van der Waals surface area contributed by atoms with E-state index >= 15 is 0 Å². The Labute approximate surface area is 301 Å². The molecule has 0 rings (SSSR count). The van der Waals surface area contributed by atoms with Crippen molar-refractivity contribution in [2.45, 2.75) is 187 Å². The van der Waals surface area contributed by atoms with Gasteiger partial charge < -0.3 is 19.7 Å². The Balaban J connectivity index is 3.74. The molecule has 0 aromatic carbocycles. The predicted molar refractivity (Wildman–Crippen MR) is 206 cm³/mol. The summed E-state index contributed by atoms with van der Waals surface area (Å²) in [5.41, 5.74) is 0. The van der Waals surface area contributed by atoms with Crippen LogP contribution >= 0.6 is 0 Å². The van der Waals surface area contributed by atoms with Gasteiger partial charge in [0, 0.05) is 12.8 Å². The fraction of sp³-hybridized carbons (Fsp3) is 0.721. The van der Waals surface area contributed by atoms with Crippen LogP contribution in [0.25, 0.3) is 0 Å². The topological polar surface area (TPSA) is 93.1 Å². The van der Waals surface area contributed by atoms with E-state index < -0.39 is 24.8 Å². The average Bonchev–Trinajstić information content (AvgIpc) is 3.10. The molecular formula is C43H74O6. The van der Waals surface area contributed by atoms with Crippen molar-refractivity contribution in [3.8, 4) is 0 Å². The smallest absolute Gasteiger partial charge is 0.306 e. The second kappa shape index (κ2) is 38.4. The Hall–Kier alpha value is -2.44. The molecule has 2 N–H and O–H groups in total. The minimum atomic E-state index is -0.866. The fourth-order valence-corrected chi connectivity index (χ4v) is 5.41. The van der Waals surface area contributed by atoms with E-state index in [1.807, 2.05) is 18.2 Å². The lowest BCUT2D eigenvalue weighted by Crippen LogP contribution is -2.28. The zero-order valence-electron chi connectivity index (χ0n) is 31.5. The summed E-state index contributed by atoms with van der Waals surface area (Å²) in [5.74, 6) is -0.794. The minimum absolute atomic E-state index is 0.124. The van der Waals surface area contributed by atoms with E-state index in [9.17, 15) is 19.8 Å². The molecule has 2 atom stereocenters. The summed E-state index contributed by atoms with van der Waals surface area (Å²) in [4.78, 5) is 24.3. The van der Waals surface area contributed by atoms with Crippen molar-refractivity contribution in [2.24, 2.45) is 0 Å². The number of aliphatic hydroxyl groups is 2. The minimum Gasteiger partial charge on any atom is -0.462 e. The van der Waals surface area contributed by atoms with Gasteiger partial charge in [0.15, 0.2) is 6.10 Å². The molecule has 0 fully saturated rings. The summed E-state index contributed by atoms with van der Waals surface area (Å²) in [7, 11) is 0. The summed E-state index contributed by atoms with van der Waals surface area (Å²) in [6, 6.07) is 0. The van der Waals surface area contributed by atoms with Gasteiger partial charge in [0.2, 0.25) is 0 Å². The van der Waals surface area contributed by atoms with Gasteiger partial charge in [-0.3, -0.25) is 9.59 Å². The number of carbonyl (C=O) groups is 2. The van der Waals surface area contributed by atoms with Crippen molar-refractivity contribution in [3.05, 3.63) is 60.8 Å². The van der Waals surface area contributed by atoms with Crippen LogP contribution in [0.1, 0.15) is 174 Å². The molecule has 49 heavy (non-hydrogen) atoms. The lowest BCUT2D eigenvalue weighted by atomic mass is 10.0. The van der Waals surface area contributed by atoms with Gasteiger partial charge in [-0.15, -0.1) is 0 Å². The Morgan fingerprint density at radius 2 is 1.04 bits per heavy atom. The second-order valence-electron chi connectivity index (χ2n) is 13.2. The molecule has 0 heterocycles. The monoisotopic (exact) mass is 687 g/mol. The molecule has 0 radical (unpaired) electrons. The number of hydrogen-bond donors (Lipinski definition) is 2. The molecule has 0 saturated heterocycles. The molecular weight excluding hydrogens is 612 g/mol. The Morgan fingerprint density at radius 3 is 1.55 bits per heavy atom. The van der Waals surface area contributed by atoms with Crippen molar-refractivity contribution in [1.82, 2.24) is 0 Å². The standard InChI is InChI=1S/C43H74O6/c1-3-5-7-9-11-13-15-17-18-19-20-22-24-26-28-30-32-36-42(46)48-39-41(38-44)49-43(47)37-33-35-40(45)34-31-29-27-25-23-21-16-14-12-10-8-6-4-2/h6,8,12,14,21,23,27,29,31,34,40-41,44-45H,3-5,7,9-11,13,15-20,22,24-26,28,30,32-33,35-39H2,1-2H3/b8-6-,14-12-,23-21-,29-27-,34-31+/t40?,41-/m0/s1. The molecule has 1 unspecified atom stereocenters. The number of esters is 2. The van der Waals surface area contributed by atoms with Crippen LogP contribution in [0.2, 0.25) is 0 Å². The highest BCUT2D eigenvalue weighted by Crippen LogP contribution is 2.15. The molecule has 0 aromatic heterocycles. The Bertz CT molecular complexity index is 887. The van der Waals surface area contributed by atoms with Crippen LogP contribution in [0, 0.1) is 0 Å². The maximum atomic E-state index is 12.2. The first kappa shape index (κ1) is 46.6. The van der Waals surface area contributed by atoms with Gasteiger partial charge in [-0.1, -0.05) is 177 Å². The van der Waals surface area contributed by atoms with E-state index in [0.29, 0.717) is 19.3 Å². The zero-order chi connectivity index (χ0) is 35.9. The number of rotatable bonds is 35. The van der Waals surface area contributed by atoms with E-state index in [1.54, 1.807) is 6.08 Å². The molecule has 0 aliphatic carbocycles. The summed E-state index contributed by atoms with van der Waals surface area (Å²) in [6.07, 6.45) is 46.0. The lowest BCUT2D eigenvalue weighted by Gasteiger charge is -2.16. The molecule has 6 nitrogen and oxygen atoms in total. The predicted octanol–water partition coefficient (Wildman–Crippen LogP) is 11.4. The van der Waals surface area contributed by atoms with Gasteiger partial charge in [-0.05, 0) is 44.9 Å². The number of unbranched alkanes of at least 4 members (excludes halogenated alkanes) is 16. The van der Waals surface area contributed by atoms with Gasteiger partial charge in [0.25, 0.3) is 0 Å². The quantitative estimate of drug-likeness (QED) is 0.0298. The number of ether oxygens (including phenoxy) is 2. The summed E-state index contributed by atoms with van der Waals surface area (Å²) in [5, 5.41) is 19.7. The molecule has 0 aliphatic heterocycles. The first-order valence-corrected chi connectivity index (χ1v) is 20.0. The molecule has 0 spiro atoms. The Morgan fingerprint density at radius 1 is 0.571 bits per heavy atom. The van der Waals surface area contributed by atoms with Crippen molar-refractivity contribution >= 4 is 11.9 Å². The summed E-state index contributed by atoms with van der Waals surface area (Å²) < 4.78 is 10.5. The van der Waals surface area contributed by atoms with Crippen LogP contribution in [0.3, 0.4) is 0 Å². The van der Waals surface area contributed by atoms with E-state index in [0.717, 1.165) is 44.9 Å². The zero-order valence-corrected chi connectivity index (χ0v) is 31.5. The van der Waals surface area contributed by atoms with Crippen LogP contribution < -0.4 is 0 Å². The van der Waals surface area contributed by atoms with Crippen LogP contribution in [-0.4, -0.2) is 47.6 Å². The first-order valence-electron chi connectivity index (χ1n) is 20.0. The fourth-order valence-electron chi connectivity index (χ4n) is 5.41. The third-order valence-electron chi connectivity index (χ3n) is 8.43. The SMILES string of the molecule is CC/C=C\C/C=C\C/C=C\C/C=C\C=C\C(O)CCCC(=O)O[C@@H](CO)COC(=O)CCCCCCCCCCCCCCCCCCC. The van der Waals surface area contributed by atoms with Crippen molar-refractivity contribution in [3.63, 3.8) is 0 Å². The highest BCUT2D eigenvalue weighted by molar-refractivity contribution is 5.70. The van der Waals surface area contributed by atoms with Gasteiger partial charge in [-0.2, -0.15) is 0 Å². The van der Waals surface area contributed by atoms with Crippen molar-refractivity contribution < 1.29 is 29.3 Å². The van der Waals surface area contributed by atoms with Gasteiger partial charge in [0.1, 0.15) is 6.61 Å². The van der Waals surface area contributed by atoms with E-state index in [-0.39, 0.29) is 19.0 Å². The van der Waals surface area contributed by atoms with Gasteiger partial charge >= 0.3 is 11.9 Å². The highest BCUT2D eigenvalue weighted by atomic mass is 16.6. The number of carbonyl (C=O) groups excluding carboxylic acids is 2. The number of aliphatic hydroxyl groups excluding tert-OH is 2. The molecule has 282 valence electrons.